The van der Waals surface area contributed by atoms with E-state index in [4.69, 9.17) is 4.74 Å². The Bertz CT molecular complexity index is 1260. The molecule has 2 aromatic carbocycles. The molecular weight excluding hydrogens is 492 g/mol. The van der Waals surface area contributed by atoms with Gasteiger partial charge in [0.15, 0.2) is 0 Å². The number of amides is 1. The maximum Gasteiger partial charge on any atom is 0.419 e. The fourth-order valence-corrected chi connectivity index (χ4v) is 4.06. The molecule has 0 unspecified atom stereocenters. The molecule has 0 bridgehead atoms. The Morgan fingerprint density at radius 2 is 1.81 bits per heavy atom. The van der Waals surface area contributed by atoms with Crippen LogP contribution in [-0.2, 0) is 22.3 Å². The third-order valence-corrected chi connectivity index (χ3v) is 6.03. The number of anilines is 4. The predicted octanol–water partition coefficient (Wildman–Crippen LogP) is 5.23. The zero-order chi connectivity index (χ0) is 26.6. The number of nitrogens with zero attached hydrogens (tertiary/aromatic N) is 4. The van der Waals surface area contributed by atoms with E-state index < -0.39 is 17.6 Å². The molecule has 0 spiro atoms. The van der Waals surface area contributed by atoms with E-state index in [-0.39, 0.29) is 24.2 Å². The summed E-state index contributed by atoms with van der Waals surface area (Å²) >= 11 is 0. The van der Waals surface area contributed by atoms with Crippen LogP contribution in [0.2, 0.25) is 0 Å². The highest BCUT2D eigenvalue weighted by Gasteiger charge is 2.35. The van der Waals surface area contributed by atoms with Gasteiger partial charge < -0.3 is 20.3 Å². The summed E-state index contributed by atoms with van der Waals surface area (Å²) in [5, 5.41) is 5.93. The second kappa shape index (κ2) is 11.1. The summed E-state index contributed by atoms with van der Waals surface area (Å²) in [6.07, 6.45) is -2.43. The number of nitrogens with one attached hydrogen (secondary N) is 2. The highest BCUT2D eigenvalue weighted by atomic mass is 19.4. The Morgan fingerprint density at radius 1 is 1.11 bits per heavy atom. The van der Waals surface area contributed by atoms with Crippen LogP contribution >= 0.6 is 0 Å². The molecule has 1 saturated heterocycles. The average molecular weight is 519 g/mol. The van der Waals surface area contributed by atoms with Gasteiger partial charge in [0.2, 0.25) is 17.8 Å². The van der Waals surface area contributed by atoms with Gasteiger partial charge in [-0.25, -0.2) is 14.4 Å². The molecule has 2 N–H and O–H groups in total. The lowest BCUT2D eigenvalue weighted by molar-refractivity contribution is -0.140. The Labute approximate surface area is 211 Å². The van der Waals surface area contributed by atoms with E-state index in [1.54, 1.807) is 12.1 Å². The molecule has 8 nitrogen and oxygen atoms in total. The number of halogens is 4. The third-order valence-electron chi connectivity index (χ3n) is 6.03. The molecule has 0 atom stereocenters. The van der Waals surface area contributed by atoms with Crippen LogP contribution in [0.3, 0.4) is 0 Å². The van der Waals surface area contributed by atoms with Gasteiger partial charge >= 0.3 is 6.18 Å². The number of alkyl halides is 3. The highest BCUT2D eigenvalue weighted by molar-refractivity contribution is 5.90. The van der Waals surface area contributed by atoms with Crippen LogP contribution in [0.1, 0.15) is 36.5 Å². The quantitative estimate of drug-likeness (QED) is 0.414. The van der Waals surface area contributed by atoms with E-state index in [0.717, 1.165) is 17.3 Å². The molecule has 0 saturated carbocycles. The molecule has 1 aliphatic heterocycles. The summed E-state index contributed by atoms with van der Waals surface area (Å²) in [5.74, 6) is -0.660. The molecule has 1 aliphatic rings. The van der Waals surface area contributed by atoms with Crippen molar-refractivity contribution in [1.82, 2.24) is 15.0 Å². The first-order valence-corrected chi connectivity index (χ1v) is 11.7. The van der Waals surface area contributed by atoms with E-state index >= 15 is 0 Å². The summed E-state index contributed by atoms with van der Waals surface area (Å²) in [4.78, 5) is 26.3. The lowest BCUT2D eigenvalue weighted by Gasteiger charge is -2.32. The fourth-order valence-electron chi connectivity index (χ4n) is 4.06. The number of benzene rings is 2. The summed E-state index contributed by atoms with van der Waals surface area (Å²) in [6.45, 7) is 4.17. The first kappa shape index (κ1) is 26.3. The number of hydrogen-bond donors (Lipinski definition) is 2. The molecule has 0 radical (unpaired) electrons. The van der Waals surface area contributed by atoms with Crippen molar-refractivity contribution in [2.75, 3.05) is 28.6 Å². The molecule has 2 heterocycles. The molecule has 3 aromatic rings. The van der Waals surface area contributed by atoms with Crippen molar-refractivity contribution in [3.63, 3.8) is 0 Å². The maximum atomic E-state index is 14.2. The van der Waals surface area contributed by atoms with Gasteiger partial charge in [-0.3, -0.25) is 4.79 Å². The van der Waals surface area contributed by atoms with Gasteiger partial charge in [-0.1, -0.05) is 18.2 Å². The summed E-state index contributed by atoms with van der Waals surface area (Å²) < 4.78 is 58.8. The van der Waals surface area contributed by atoms with Gasteiger partial charge in [-0.2, -0.15) is 18.2 Å². The standard InChI is InChI=1S/C25H26F4N6O2/c1-15-20(32-16(2)36)7-4-8-21(15)33-23-30-14-31-24(34-23)35-11-9-18(10-12-35)37-13-17-5-3-6-19(22(17)26)25(27,28)29/h3-8,14,18H,9-13H2,1-2H3,(H,32,36)(H,30,31,33,34). The minimum absolute atomic E-state index is 0.122. The Balaban J connectivity index is 1.35. The van der Waals surface area contributed by atoms with E-state index in [1.807, 2.05) is 17.9 Å². The number of carbonyl (C=O) groups excluding carboxylic acids is 1. The zero-order valence-corrected chi connectivity index (χ0v) is 20.3. The fraction of sp³-hybridized carbons (Fsp3) is 0.360. The van der Waals surface area contributed by atoms with Gasteiger partial charge in [0.25, 0.3) is 0 Å². The molecule has 196 valence electrons. The number of rotatable bonds is 7. The maximum absolute atomic E-state index is 14.2. The Kier molecular flexibility index (Phi) is 7.86. The normalized spacial score (nSPS) is 14.5. The first-order valence-electron chi connectivity index (χ1n) is 11.7. The topological polar surface area (TPSA) is 92.3 Å². The molecule has 1 aromatic heterocycles. The lowest BCUT2D eigenvalue weighted by atomic mass is 10.1. The van der Waals surface area contributed by atoms with Crippen molar-refractivity contribution in [1.29, 1.82) is 0 Å². The van der Waals surface area contributed by atoms with Crippen LogP contribution in [0.4, 0.5) is 40.8 Å². The molecular formula is C25H26F4N6O2. The first-order chi connectivity index (χ1) is 17.6. The SMILES string of the molecule is CC(=O)Nc1cccc(Nc2ncnc(N3CCC(OCc4cccc(C(F)(F)F)c4F)CC3)n2)c1C. The summed E-state index contributed by atoms with van der Waals surface area (Å²) in [5.41, 5.74) is 0.828. The molecule has 0 aliphatic carbocycles. The van der Waals surface area contributed by atoms with Crippen molar-refractivity contribution >= 4 is 29.2 Å². The molecule has 4 rings (SSSR count). The number of hydrogen-bond acceptors (Lipinski definition) is 7. The number of ether oxygens (including phenoxy) is 1. The van der Waals surface area contributed by atoms with Crippen LogP contribution in [-0.4, -0.2) is 40.1 Å². The third kappa shape index (κ3) is 6.50. The lowest BCUT2D eigenvalue weighted by Crippen LogP contribution is -2.38. The second-order valence-corrected chi connectivity index (χ2v) is 8.67. The van der Waals surface area contributed by atoms with Crippen molar-refractivity contribution in [2.45, 2.75) is 45.6 Å². The van der Waals surface area contributed by atoms with Crippen molar-refractivity contribution in [3.05, 3.63) is 65.2 Å². The Hall–Kier alpha value is -3.80. The molecule has 37 heavy (non-hydrogen) atoms. The van der Waals surface area contributed by atoms with Crippen molar-refractivity contribution in [3.8, 4) is 0 Å². The van der Waals surface area contributed by atoms with Crippen molar-refractivity contribution < 1.29 is 27.1 Å². The van der Waals surface area contributed by atoms with Crippen LogP contribution in [0.5, 0.6) is 0 Å². The van der Waals surface area contributed by atoms with Crippen LogP contribution in [0.25, 0.3) is 0 Å². The van der Waals surface area contributed by atoms with Crippen LogP contribution < -0.4 is 15.5 Å². The molecule has 12 heteroatoms. The zero-order valence-electron chi connectivity index (χ0n) is 20.3. The summed E-state index contributed by atoms with van der Waals surface area (Å²) in [6, 6.07) is 8.65. The van der Waals surface area contributed by atoms with Gasteiger partial charge in [0.05, 0.1) is 18.3 Å². The minimum atomic E-state index is -4.75. The largest absolute Gasteiger partial charge is 0.419 e. The number of carbonyl (C=O) groups is 1. The number of piperidine rings is 1. The van der Waals surface area contributed by atoms with Gasteiger partial charge in [-0.05, 0) is 43.5 Å². The smallest absolute Gasteiger partial charge is 0.373 e. The second-order valence-electron chi connectivity index (χ2n) is 8.67. The minimum Gasteiger partial charge on any atom is -0.373 e. The highest BCUT2D eigenvalue weighted by Crippen LogP contribution is 2.33. The van der Waals surface area contributed by atoms with Gasteiger partial charge in [-0.15, -0.1) is 0 Å². The molecule has 1 amide bonds. The van der Waals surface area contributed by atoms with Crippen LogP contribution in [0, 0.1) is 12.7 Å². The van der Waals surface area contributed by atoms with Crippen molar-refractivity contribution in [2.24, 2.45) is 0 Å². The number of aromatic nitrogens is 3. The van der Waals surface area contributed by atoms with Gasteiger partial charge in [0.1, 0.15) is 12.1 Å². The summed E-state index contributed by atoms with van der Waals surface area (Å²) in [7, 11) is 0. The van der Waals surface area contributed by atoms with Crippen LogP contribution in [0.15, 0.2) is 42.7 Å². The van der Waals surface area contributed by atoms with E-state index in [0.29, 0.717) is 43.5 Å². The average Bonchev–Trinajstić information content (AvgIpc) is 2.85. The predicted molar refractivity (Wildman–Crippen MR) is 130 cm³/mol. The Morgan fingerprint density at radius 3 is 2.51 bits per heavy atom. The van der Waals surface area contributed by atoms with E-state index in [1.165, 1.54) is 25.4 Å². The molecule has 1 fully saturated rings. The monoisotopic (exact) mass is 518 g/mol. The van der Waals surface area contributed by atoms with Gasteiger partial charge in [0, 0.05) is 37.0 Å². The van der Waals surface area contributed by atoms with E-state index in [2.05, 4.69) is 25.6 Å². The van der Waals surface area contributed by atoms with E-state index in [9.17, 15) is 22.4 Å².